The smallest absolute Gasteiger partial charge is 0.204 e. The standard InChI is InChI=1S/C12H10ClNO2S/c1-16-10-4-2-8(3-5-10)12(15)11-6-9(7-13)14-17-11/h2-6H,7H2,1H3. The summed E-state index contributed by atoms with van der Waals surface area (Å²) >= 11 is 6.82. The van der Waals surface area contributed by atoms with Crippen molar-refractivity contribution < 1.29 is 9.53 Å². The van der Waals surface area contributed by atoms with Crippen LogP contribution in [0.2, 0.25) is 0 Å². The van der Waals surface area contributed by atoms with Crippen molar-refractivity contribution in [3.63, 3.8) is 0 Å². The van der Waals surface area contributed by atoms with Crippen molar-refractivity contribution in [2.45, 2.75) is 5.88 Å². The highest BCUT2D eigenvalue weighted by Crippen LogP contribution is 2.18. The summed E-state index contributed by atoms with van der Waals surface area (Å²) in [7, 11) is 1.59. The van der Waals surface area contributed by atoms with Crippen LogP contribution >= 0.6 is 23.1 Å². The van der Waals surface area contributed by atoms with Crippen LogP contribution in [0.25, 0.3) is 0 Å². The van der Waals surface area contributed by atoms with E-state index in [0.29, 0.717) is 16.3 Å². The minimum absolute atomic E-state index is 0.0403. The Morgan fingerprint density at radius 1 is 1.41 bits per heavy atom. The summed E-state index contributed by atoms with van der Waals surface area (Å²) in [5, 5.41) is 0. The predicted octanol–water partition coefficient (Wildman–Crippen LogP) is 3.12. The molecule has 5 heteroatoms. The van der Waals surface area contributed by atoms with Crippen LogP contribution in [0, 0.1) is 0 Å². The fourth-order valence-corrected chi connectivity index (χ4v) is 2.30. The van der Waals surface area contributed by atoms with E-state index in [1.54, 1.807) is 37.4 Å². The number of ether oxygens (including phenoxy) is 1. The molecule has 1 aromatic carbocycles. The molecule has 2 rings (SSSR count). The largest absolute Gasteiger partial charge is 0.497 e. The lowest BCUT2D eigenvalue weighted by Gasteiger charge is -2.00. The van der Waals surface area contributed by atoms with Crippen LogP contribution < -0.4 is 4.74 Å². The average Bonchev–Trinajstić information content (AvgIpc) is 2.87. The molecule has 0 unspecified atom stereocenters. The van der Waals surface area contributed by atoms with Gasteiger partial charge in [0.15, 0.2) is 0 Å². The van der Waals surface area contributed by atoms with Gasteiger partial charge in [0.2, 0.25) is 5.78 Å². The van der Waals surface area contributed by atoms with Crippen molar-refractivity contribution in [3.05, 3.63) is 46.5 Å². The first kappa shape index (κ1) is 12.1. The molecule has 0 aliphatic carbocycles. The third kappa shape index (κ3) is 2.65. The number of halogens is 1. The minimum Gasteiger partial charge on any atom is -0.497 e. The Morgan fingerprint density at radius 2 is 2.12 bits per heavy atom. The van der Waals surface area contributed by atoms with E-state index in [9.17, 15) is 4.79 Å². The first-order valence-corrected chi connectivity index (χ1v) is 6.25. The number of benzene rings is 1. The summed E-state index contributed by atoms with van der Waals surface area (Å²) < 4.78 is 9.12. The van der Waals surface area contributed by atoms with Crippen LogP contribution in [0.4, 0.5) is 0 Å². The number of hydrogen-bond donors (Lipinski definition) is 0. The Hall–Kier alpha value is -1.39. The molecule has 1 heterocycles. The van der Waals surface area contributed by atoms with E-state index in [0.717, 1.165) is 11.4 Å². The summed E-state index contributed by atoms with van der Waals surface area (Å²) in [6.45, 7) is 0. The van der Waals surface area contributed by atoms with Crippen molar-refractivity contribution in [2.75, 3.05) is 7.11 Å². The van der Waals surface area contributed by atoms with Gasteiger partial charge in [0.1, 0.15) is 5.75 Å². The van der Waals surface area contributed by atoms with Crippen LogP contribution in [0.1, 0.15) is 20.9 Å². The first-order chi connectivity index (χ1) is 8.24. The second-order valence-corrected chi connectivity index (χ2v) is 4.45. The summed E-state index contributed by atoms with van der Waals surface area (Å²) in [5.74, 6) is 1.01. The molecular weight excluding hydrogens is 258 g/mol. The number of hydrogen-bond acceptors (Lipinski definition) is 4. The Morgan fingerprint density at radius 3 is 2.65 bits per heavy atom. The van der Waals surface area contributed by atoms with Gasteiger partial charge in [-0.05, 0) is 41.9 Å². The number of carbonyl (C=O) groups is 1. The van der Waals surface area contributed by atoms with Gasteiger partial charge >= 0.3 is 0 Å². The zero-order valence-corrected chi connectivity index (χ0v) is 10.7. The van der Waals surface area contributed by atoms with Gasteiger partial charge in [-0.15, -0.1) is 11.6 Å². The number of alkyl halides is 1. The third-order valence-corrected chi connectivity index (χ3v) is 3.37. The Bertz CT molecular complexity index is 522. The van der Waals surface area contributed by atoms with E-state index in [1.807, 2.05) is 0 Å². The maximum Gasteiger partial charge on any atom is 0.204 e. The number of methoxy groups -OCH3 is 1. The number of nitrogens with zero attached hydrogens (tertiary/aromatic N) is 1. The molecular formula is C12H10ClNO2S. The molecule has 0 N–H and O–H groups in total. The van der Waals surface area contributed by atoms with E-state index < -0.39 is 0 Å². The van der Waals surface area contributed by atoms with Crippen LogP contribution in [0.5, 0.6) is 5.75 Å². The lowest BCUT2D eigenvalue weighted by Crippen LogP contribution is -1.98. The Labute approximate surface area is 108 Å². The summed E-state index contributed by atoms with van der Waals surface area (Å²) in [6.07, 6.45) is 0. The van der Waals surface area contributed by atoms with Crippen molar-refractivity contribution in [1.29, 1.82) is 0 Å². The zero-order valence-electron chi connectivity index (χ0n) is 9.14. The average molecular weight is 268 g/mol. The highest BCUT2D eigenvalue weighted by Gasteiger charge is 2.12. The van der Waals surface area contributed by atoms with Gasteiger partial charge in [-0.1, -0.05) is 0 Å². The normalized spacial score (nSPS) is 10.2. The monoisotopic (exact) mass is 267 g/mol. The Kier molecular flexibility index (Phi) is 3.76. The second kappa shape index (κ2) is 5.29. The van der Waals surface area contributed by atoms with Crippen molar-refractivity contribution in [1.82, 2.24) is 4.37 Å². The van der Waals surface area contributed by atoms with Crippen LogP contribution in [-0.2, 0) is 5.88 Å². The zero-order chi connectivity index (χ0) is 12.3. The number of ketones is 1. The van der Waals surface area contributed by atoms with Gasteiger partial charge in [-0.3, -0.25) is 4.79 Å². The van der Waals surface area contributed by atoms with E-state index in [1.165, 1.54) is 11.5 Å². The molecule has 1 aromatic heterocycles. The van der Waals surface area contributed by atoms with Crippen molar-refractivity contribution in [3.8, 4) is 5.75 Å². The quantitative estimate of drug-likeness (QED) is 0.631. The Balaban J connectivity index is 2.23. The predicted molar refractivity (Wildman–Crippen MR) is 68.1 cm³/mol. The lowest BCUT2D eigenvalue weighted by molar-refractivity contribution is 0.104. The van der Waals surface area contributed by atoms with Gasteiger partial charge in [0.05, 0.1) is 23.6 Å². The minimum atomic E-state index is -0.0403. The fraction of sp³-hybridized carbons (Fsp3) is 0.167. The van der Waals surface area contributed by atoms with Crippen LogP contribution in [-0.4, -0.2) is 17.3 Å². The highest BCUT2D eigenvalue weighted by atomic mass is 35.5. The van der Waals surface area contributed by atoms with Crippen LogP contribution in [0.3, 0.4) is 0 Å². The summed E-state index contributed by atoms with van der Waals surface area (Å²) in [5.41, 5.74) is 1.35. The molecule has 88 valence electrons. The molecule has 0 spiro atoms. The summed E-state index contributed by atoms with van der Waals surface area (Å²) in [6, 6.07) is 8.72. The molecule has 17 heavy (non-hydrogen) atoms. The van der Waals surface area contributed by atoms with Gasteiger partial charge < -0.3 is 4.74 Å². The van der Waals surface area contributed by atoms with Crippen molar-refractivity contribution >= 4 is 28.9 Å². The summed E-state index contributed by atoms with van der Waals surface area (Å²) in [4.78, 5) is 12.7. The lowest BCUT2D eigenvalue weighted by atomic mass is 10.1. The van der Waals surface area contributed by atoms with E-state index >= 15 is 0 Å². The van der Waals surface area contributed by atoms with Crippen molar-refractivity contribution in [2.24, 2.45) is 0 Å². The van der Waals surface area contributed by atoms with Gasteiger partial charge in [-0.2, -0.15) is 4.37 Å². The second-order valence-electron chi connectivity index (χ2n) is 3.37. The van der Waals surface area contributed by atoms with Gasteiger partial charge in [0.25, 0.3) is 0 Å². The number of aromatic nitrogens is 1. The number of carbonyl (C=O) groups excluding carboxylic acids is 1. The van der Waals surface area contributed by atoms with E-state index in [2.05, 4.69) is 4.37 Å². The molecule has 0 aliphatic rings. The molecule has 0 saturated carbocycles. The maximum atomic E-state index is 12.1. The molecule has 0 aliphatic heterocycles. The topological polar surface area (TPSA) is 39.2 Å². The number of rotatable bonds is 4. The molecule has 0 atom stereocenters. The SMILES string of the molecule is COc1ccc(C(=O)c2cc(CCl)ns2)cc1. The van der Waals surface area contributed by atoms with E-state index in [4.69, 9.17) is 16.3 Å². The molecule has 2 aromatic rings. The molecule has 0 fully saturated rings. The molecule has 0 amide bonds. The fourth-order valence-electron chi connectivity index (χ4n) is 1.37. The molecule has 0 saturated heterocycles. The maximum absolute atomic E-state index is 12.1. The van der Waals surface area contributed by atoms with Crippen LogP contribution in [0.15, 0.2) is 30.3 Å². The van der Waals surface area contributed by atoms with E-state index in [-0.39, 0.29) is 5.78 Å². The highest BCUT2D eigenvalue weighted by molar-refractivity contribution is 7.08. The molecule has 0 bridgehead atoms. The molecule has 3 nitrogen and oxygen atoms in total. The first-order valence-electron chi connectivity index (χ1n) is 4.95. The van der Waals surface area contributed by atoms with Gasteiger partial charge in [0, 0.05) is 5.56 Å². The third-order valence-electron chi connectivity index (χ3n) is 2.27. The van der Waals surface area contributed by atoms with Gasteiger partial charge in [-0.25, -0.2) is 0 Å². The molecule has 0 radical (unpaired) electrons.